The van der Waals surface area contributed by atoms with Gasteiger partial charge in [0.05, 0.1) is 0 Å². The Balaban J connectivity index is 0.00000256. The summed E-state index contributed by atoms with van der Waals surface area (Å²) in [4.78, 5) is 10.8. The first-order valence-electron chi connectivity index (χ1n) is 5.37. The zero-order valence-electron chi connectivity index (χ0n) is 9.89. The zero-order chi connectivity index (χ0) is 12.0. The molecular formula is C12H19ClN2O2. The van der Waals surface area contributed by atoms with Gasteiger partial charge >= 0.3 is 5.97 Å². The highest BCUT2D eigenvalue weighted by Crippen LogP contribution is 2.20. The van der Waals surface area contributed by atoms with Crippen LogP contribution in [0.3, 0.4) is 0 Å². The number of carbonyl (C=O) groups is 1. The minimum Gasteiger partial charge on any atom is -0.427 e. The Morgan fingerprint density at radius 2 is 2.18 bits per heavy atom. The molecular weight excluding hydrogens is 240 g/mol. The van der Waals surface area contributed by atoms with Crippen molar-refractivity contribution in [3.8, 4) is 5.75 Å². The number of hydrogen-bond acceptors (Lipinski definition) is 4. The number of hydrogen-bond donors (Lipinski definition) is 2. The van der Waals surface area contributed by atoms with Gasteiger partial charge in [0.25, 0.3) is 0 Å². The second-order valence-electron chi connectivity index (χ2n) is 3.70. The number of ether oxygens (including phenoxy) is 1. The third-order valence-corrected chi connectivity index (χ3v) is 2.27. The van der Waals surface area contributed by atoms with Crippen molar-refractivity contribution in [1.82, 2.24) is 0 Å². The minimum absolute atomic E-state index is 0. The molecule has 0 fully saturated rings. The highest BCUT2D eigenvalue weighted by molar-refractivity contribution is 5.85. The molecule has 0 amide bonds. The largest absolute Gasteiger partial charge is 0.427 e. The Bertz CT molecular complexity index is 358. The van der Waals surface area contributed by atoms with Gasteiger partial charge in [0.1, 0.15) is 5.75 Å². The summed E-state index contributed by atoms with van der Waals surface area (Å²) < 4.78 is 4.99. The van der Waals surface area contributed by atoms with Crippen molar-refractivity contribution in [2.75, 3.05) is 6.54 Å². The van der Waals surface area contributed by atoms with Crippen LogP contribution in [0.5, 0.6) is 5.75 Å². The molecule has 0 aromatic heterocycles. The molecule has 0 heterocycles. The van der Waals surface area contributed by atoms with Gasteiger partial charge in [-0.2, -0.15) is 0 Å². The van der Waals surface area contributed by atoms with Crippen LogP contribution in [0.15, 0.2) is 24.3 Å². The first kappa shape index (κ1) is 15.9. The predicted octanol–water partition coefficient (Wildman–Crippen LogP) is 1.77. The Kier molecular flexibility index (Phi) is 7.54. The fraction of sp³-hybridized carbons (Fsp3) is 0.417. The van der Waals surface area contributed by atoms with Crippen molar-refractivity contribution >= 4 is 18.4 Å². The first-order chi connectivity index (χ1) is 7.63. The smallest absolute Gasteiger partial charge is 0.308 e. The summed E-state index contributed by atoms with van der Waals surface area (Å²) in [5.41, 5.74) is 12.4. The van der Waals surface area contributed by atoms with Crippen molar-refractivity contribution in [3.63, 3.8) is 0 Å². The Morgan fingerprint density at radius 1 is 1.47 bits per heavy atom. The third-order valence-electron chi connectivity index (χ3n) is 2.27. The summed E-state index contributed by atoms with van der Waals surface area (Å²) in [5, 5.41) is 0. The standard InChI is InChI=1S/C12H18N2O2.ClH/c1-9(15)16-11-5-2-4-10(8-11)12(14)6-3-7-13;/h2,4-5,8,12H,3,6-7,13-14H2,1H3;1H/t12-;/m0./s1. The molecule has 0 aliphatic heterocycles. The third kappa shape index (κ3) is 5.68. The van der Waals surface area contributed by atoms with Gasteiger partial charge in [0, 0.05) is 13.0 Å². The molecule has 4 N–H and O–H groups in total. The van der Waals surface area contributed by atoms with Crippen LogP contribution in [0.1, 0.15) is 31.4 Å². The number of halogens is 1. The van der Waals surface area contributed by atoms with Gasteiger partial charge in [0.2, 0.25) is 0 Å². The Labute approximate surface area is 108 Å². The van der Waals surface area contributed by atoms with Crippen molar-refractivity contribution in [2.24, 2.45) is 11.5 Å². The van der Waals surface area contributed by atoms with Gasteiger partial charge in [-0.3, -0.25) is 4.79 Å². The molecule has 5 heteroatoms. The molecule has 1 atom stereocenters. The predicted molar refractivity (Wildman–Crippen MR) is 70.2 cm³/mol. The molecule has 1 aromatic rings. The molecule has 0 aliphatic rings. The second kappa shape index (κ2) is 8.06. The number of esters is 1. The van der Waals surface area contributed by atoms with Crippen LogP contribution in [-0.4, -0.2) is 12.5 Å². The molecule has 0 radical (unpaired) electrons. The van der Waals surface area contributed by atoms with Gasteiger partial charge in [-0.15, -0.1) is 12.4 Å². The molecule has 0 aliphatic carbocycles. The molecule has 0 saturated heterocycles. The van der Waals surface area contributed by atoms with E-state index >= 15 is 0 Å². The summed E-state index contributed by atoms with van der Waals surface area (Å²) in [6, 6.07) is 7.23. The Morgan fingerprint density at radius 3 is 2.76 bits per heavy atom. The lowest BCUT2D eigenvalue weighted by molar-refractivity contribution is -0.131. The van der Waals surface area contributed by atoms with E-state index in [1.807, 2.05) is 12.1 Å². The Hall–Kier alpha value is -1.10. The molecule has 0 spiro atoms. The van der Waals surface area contributed by atoms with E-state index in [-0.39, 0.29) is 24.4 Å². The second-order valence-corrected chi connectivity index (χ2v) is 3.70. The van der Waals surface area contributed by atoms with Gasteiger partial charge in [-0.25, -0.2) is 0 Å². The molecule has 17 heavy (non-hydrogen) atoms. The quantitative estimate of drug-likeness (QED) is 0.623. The lowest BCUT2D eigenvalue weighted by atomic mass is 10.0. The molecule has 1 rings (SSSR count). The van der Waals surface area contributed by atoms with E-state index in [4.69, 9.17) is 16.2 Å². The zero-order valence-corrected chi connectivity index (χ0v) is 10.7. The molecule has 1 aromatic carbocycles. The summed E-state index contributed by atoms with van der Waals surface area (Å²) in [6.07, 6.45) is 1.72. The molecule has 0 saturated carbocycles. The fourth-order valence-electron chi connectivity index (χ4n) is 1.48. The normalized spacial score (nSPS) is 11.5. The van der Waals surface area contributed by atoms with Crippen LogP contribution in [-0.2, 0) is 4.79 Å². The maximum absolute atomic E-state index is 10.8. The van der Waals surface area contributed by atoms with E-state index in [0.717, 1.165) is 18.4 Å². The number of benzene rings is 1. The SMILES string of the molecule is CC(=O)Oc1cccc([C@@H](N)CCCN)c1.Cl. The summed E-state index contributed by atoms with van der Waals surface area (Å²) in [7, 11) is 0. The maximum atomic E-state index is 10.8. The molecule has 4 nitrogen and oxygen atoms in total. The van der Waals surface area contributed by atoms with Crippen LogP contribution in [0, 0.1) is 0 Å². The van der Waals surface area contributed by atoms with Gasteiger partial charge in [-0.05, 0) is 37.1 Å². The van der Waals surface area contributed by atoms with Gasteiger partial charge in [-0.1, -0.05) is 12.1 Å². The van der Waals surface area contributed by atoms with Crippen molar-refractivity contribution in [2.45, 2.75) is 25.8 Å². The minimum atomic E-state index is -0.326. The lowest BCUT2D eigenvalue weighted by Gasteiger charge is -2.12. The number of rotatable bonds is 5. The van der Waals surface area contributed by atoms with E-state index in [0.29, 0.717) is 12.3 Å². The molecule has 0 unspecified atom stereocenters. The number of nitrogens with two attached hydrogens (primary N) is 2. The maximum Gasteiger partial charge on any atom is 0.308 e. The van der Waals surface area contributed by atoms with Crippen molar-refractivity contribution in [3.05, 3.63) is 29.8 Å². The molecule has 0 bridgehead atoms. The topological polar surface area (TPSA) is 78.3 Å². The van der Waals surface area contributed by atoms with Gasteiger partial charge in [0.15, 0.2) is 0 Å². The monoisotopic (exact) mass is 258 g/mol. The highest BCUT2D eigenvalue weighted by Gasteiger charge is 2.07. The van der Waals surface area contributed by atoms with E-state index in [1.54, 1.807) is 12.1 Å². The summed E-state index contributed by atoms with van der Waals surface area (Å²) in [5.74, 6) is 0.209. The van der Waals surface area contributed by atoms with Crippen LogP contribution in [0.4, 0.5) is 0 Å². The van der Waals surface area contributed by atoms with Crippen molar-refractivity contribution < 1.29 is 9.53 Å². The van der Waals surface area contributed by atoms with Crippen LogP contribution in [0.2, 0.25) is 0 Å². The number of carbonyl (C=O) groups excluding carboxylic acids is 1. The fourth-order valence-corrected chi connectivity index (χ4v) is 1.48. The van der Waals surface area contributed by atoms with E-state index < -0.39 is 0 Å². The first-order valence-corrected chi connectivity index (χ1v) is 5.37. The average Bonchev–Trinajstić information content (AvgIpc) is 2.25. The highest BCUT2D eigenvalue weighted by atomic mass is 35.5. The average molecular weight is 259 g/mol. The van der Waals surface area contributed by atoms with E-state index in [2.05, 4.69) is 0 Å². The van der Waals surface area contributed by atoms with Crippen LogP contribution >= 0.6 is 12.4 Å². The van der Waals surface area contributed by atoms with Crippen LogP contribution < -0.4 is 16.2 Å². The van der Waals surface area contributed by atoms with E-state index in [9.17, 15) is 4.79 Å². The van der Waals surface area contributed by atoms with E-state index in [1.165, 1.54) is 6.92 Å². The molecule has 96 valence electrons. The van der Waals surface area contributed by atoms with Crippen molar-refractivity contribution in [1.29, 1.82) is 0 Å². The van der Waals surface area contributed by atoms with Crippen LogP contribution in [0.25, 0.3) is 0 Å². The summed E-state index contributed by atoms with van der Waals surface area (Å²) >= 11 is 0. The summed E-state index contributed by atoms with van der Waals surface area (Å²) in [6.45, 7) is 2.01. The lowest BCUT2D eigenvalue weighted by Crippen LogP contribution is -2.12. The van der Waals surface area contributed by atoms with Gasteiger partial charge < -0.3 is 16.2 Å².